The minimum Gasteiger partial charge on any atom is -0.450 e. The first-order chi connectivity index (χ1) is 20.7. The Kier molecular flexibility index (Phi) is 11.3. The quantitative estimate of drug-likeness (QED) is 0.106. The van der Waals surface area contributed by atoms with Gasteiger partial charge in [-0.25, -0.2) is 4.98 Å². The van der Waals surface area contributed by atoms with Crippen molar-refractivity contribution in [2.24, 2.45) is 0 Å². The van der Waals surface area contributed by atoms with Crippen molar-refractivity contribution in [1.29, 1.82) is 5.26 Å². The molecular weight excluding hydrogens is 587 g/mol. The lowest BCUT2D eigenvalue weighted by molar-refractivity contribution is -0.134. The average Bonchev–Trinajstić information content (AvgIpc) is 3.64. The van der Waals surface area contributed by atoms with Crippen molar-refractivity contribution >= 4 is 63.5 Å². The van der Waals surface area contributed by atoms with Crippen LogP contribution in [0.2, 0.25) is 0 Å². The van der Waals surface area contributed by atoms with Gasteiger partial charge in [0.25, 0.3) is 11.1 Å². The number of para-hydroxylation sites is 2. The van der Waals surface area contributed by atoms with Crippen molar-refractivity contribution in [3.63, 3.8) is 0 Å². The van der Waals surface area contributed by atoms with Crippen molar-refractivity contribution in [1.82, 2.24) is 19.4 Å². The Labute approximate surface area is 259 Å². The van der Waals surface area contributed by atoms with Crippen molar-refractivity contribution < 1.29 is 23.6 Å². The summed E-state index contributed by atoms with van der Waals surface area (Å²) in [5.74, 6) is -0.0620. The van der Waals surface area contributed by atoms with E-state index in [9.17, 15) is 19.2 Å². The second kappa shape index (κ2) is 15.1. The van der Waals surface area contributed by atoms with Crippen molar-refractivity contribution in [2.45, 2.75) is 82.1 Å². The highest BCUT2D eigenvalue weighted by Gasteiger charge is 2.36. The molecule has 226 valence electrons. The molecule has 0 aliphatic carbocycles. The number of amides is 3. The van der Waals surface area contributed by atoms with E-state index in [4.69, 9.17) is 14.7 Å². The second-order valence-corrected chi connectivity index (χ2v) is 12.4. The first kappa shape index (κ1) is 32.1. The molecule has 12 heteroatoms. The molecule has 10 nitrogen and oxygen atoms in total. The molecule has 3 amide bonds. The minimum atomic E-state index is -0.322. The largest absolute Gasteiger partial charge is 0.450 e. The van der Waals surface area contributed by atoms with Gasteiger partial charge in [0.05, 0.1) is 28.6 Å². The summed E-state index contributed by atoms with van der Waals surface area (Å²) in [5.41, 5.74) is 1.81. The number of thioether (sulfide) groups is 1. The number of aryl methyl sites for hydroxylation is 1. The number of imide groups is 1. The number of Topliss-reactive ketones (excluding diaryl/α,β-unsaturated/α-hetero) is 1. The number of imidazole rings is 1. The lowest BCUT2D eigenvalue weighted by atomic mass is 10.1. The molecule has 43 heavy (non-hydrogen) atoms. The first-order valence-corrected chi connectivity index (χ1v) is 16.0. The third kappa shape index (κ3) is 8.18. The number of fused-ring (bicyclic) bond motifs is 1. The number of ketones is 1. The molecule has 1 saturated heterocycles. The maximum absolute atomic E-state index is 12.6. The van der Waals surface area contributed by atoms with Gasteiger partial charge >= 0.3 is 0 Å². The molecule has 2 aromatic heterocycles. The third-order valence-corrected chi connectivity index (χ3v) is 8.64. The molecule has 0 bridgehead atoms. The third-order valence-electron chi connectivity index (χ3n) is 6.84. The van der Waals surface area contributed by atoms with Crippen LogP contribution in [0.15, 0.2) is 56.0 Å². The van der Waals surface area contributed by atoms with Gasteiger partial charge in [0.1, 0.15) is 12.3 Å². The average molecular weight is 622 g/mol. The smallest absolute Gasteiger partial charge is 0.293 e. The number of nitrogens with zero attached hydrogens (tertiary/aromatic N) is 5. The minimum absolute atomic E-state index is 0.0318. The van der Waals surface area contributed by atoms with E-state index in [2.05, 4.69) is 4.57 Å². The Hall–Kier alpha value is -3.82. The zero-order chi connectivity index (χ0) is 30.9. The van der Waals surface area contributed by atoms with E-state index in [0.29, 0.717) is 41.6 Å². The fourth-order valence-corrected chi connectivity index (χ4v) is 6.48. The van der Waals surface area contributed by atoms with Crippen molar-refractivity contribution in [2.75, 3.05) is 13.1 Å². The van der Waals surface area contributed by atoms with Crippen LogP contribution in [0.1, 0.15) is 65.1 Å². The van der Waals surface area contributed by atoms with E-state index >= 15 is 0 Å². The molecular formula is C31H35N5O5S2. The van der Waals surface area contributed by atoms with Gasteiger partial charge in [0.2, 0.25) is 5.91 Å². The summed E-state index contributed by atoms with van der Waals surface area (Å²) in [5, 5.41) is 10.1. The molecule has 3 aromatic rings. The zero-order valence-electron chi connectivity index (χ0n) is 24.6. The number of nitriles is 1. The number of unbranched alkanes of at least 4 members (excludes halogenated alkanes) is 2. The zero-order valence-corrected chi connectivity index (χ0v) is 26.2. The van der Waals surface area contributed by atoms with Gasteiger partial charge in [-0.15, -0.1) is 0 Å². The molecule has 0 atom stereocenters. The number of carbonyl (C=O) groups excluding carboxylic acids is 4. The molecule has 0 N–H and O–H groups in total. The Balaban J connectivity index is 1.39. The number of carbonyl (C=O) groups is 4. The Morgan fingerprint density at radius 3 is 2.65 bits per heavy atom. The van der Waals surface area contributed by atoms with Crippen LogP contribution in [0.4, 0.5) is 4.79 Å². The molecule has 0 saturated carbocycles. The maximum atomic E-state index is 12.6. The number of aromatic nitrogens is 2. The summed E-state index contributed by atoms with van der Waals surface area (Å²) < 4.78 is 8.07. The lowest BCUT2D eigenvalue weighted by Gasteiger charge is -2.18. The van der Waals surface area contributed by atoms with Crippen LogP contribution in [0, 0.1) is 11.3 Å². The van der Waals surface area contributed by atoms with E-state index < -0.39 is 0 Å². The van der Waals surface area contributed by atoms with E-state index in [-0.39, 0.29) is 42.0 Å². The van der Waals surface area contributed by atoms with Crippen molar-refractivity contribution in [3.8, 4) is 6.07 Å². The molecule has 0 spiro atoms. The lowest BCUT2D eigenvalue weighted by Crippen LogP contribution is -2.35. The van der Waals surface area contributed by atoms with Crippen LogP contribution < -0.4 is 0 Å². The first-order valence-electron chi connectivity index (χ1n) is 14.4. The summed E-state index contributed by atoms with van der Waals surface area (Å²) in [6.45, 7) is 6.11. The molecule has 1 fully saturated rings. The highest BCUT2D eigenvalue weighted by molar-refractivity contribution is 8.18. The Morgan fingerprint density at radius 2 is 1.93 bits per heavy atom. The van der Waals surface area contributed by atoms with Crippen LogP contribution in [-0.2, 0) is 20.9 Å². The number of hydrogen-bond donors (Lipinski definition) is 0. The fourth-order valence-electron chi connectivity index (χ4n) is 4.65. The molecule has 1 aliphatic heterocycles. The number of hydrogen-bond acceptors (Lipinski definition) is 9. The molecule has 4 rings (SSSR count). The summed E-state index contributed by atoms with van der Waals surface area (Å²) >= 11 is 2.26. The van der Waals surface area contributed by atoms with Gasteiger partial charge in [-0.05, 0) is 80.9 Å². The molecule has 1 aromatic carbocycles. The maximum Gasteiger partial charge on any atom is 0.293 e. The van der Waals surface area contributed by atoms with Crippen LogP contribution >= 0.6 is 23.5 Å². The monoisotopic (exact) mass is 621 g/mol. The van der Waals surface area contributed by atoms with Gasteiger partial charge < -0.3 is 13.9 Å². The van der Waals surface area contributed by atoms with Crippen LogP contribution in [-0.4, -0.2) is 61.3 Å². The molecule has 1 aliphatic rings. The van der Waals surface area contributed by atoms with Gasteiger partial charge in [-0.1, -0.05) is 25.5 Å². The normalized spacial score (nSPS) is 14.3. The van der Waals surface area contributed by atoms with E-state index in [1.54, 1.807) is 32.1 Å². The molecule has 0 radical (unpaired) electrons. The summed E-state index contributed by atoms with van der Waals surface area (Å²) in [6.07, 6.45) is 5.23. The Morgan fingerprint density at radius 1 is 1.14 bits per heavy atom. The summed E-state index contributed by atoms with van der Waals surface area (Å²) in [4.78, 5) is 57.5. The second-order valence-electron chi connectivity index (χ2n) is 10.4. The van der Waals surface area contributed by atoms with E-state index in [1.165, 1.54) is 21.6 Å². The van der Waals surface area contributed by atoms with Gasteiger partial charge in [-0.3, -0.25) is 24.1 Å². The standard InChI is InChI=1S/C31H35N5O5S2/c1-4-5-13-27(38)34(18-16-32)20-22(37)10-8-9-17-35-25-12-7-6-11-24(25)33-30(35)43-28-15-14-23(41-28)19-26-29(39)36(21(2)3)31(40)42-26/h6-7,11-12,14-15,19,21H,4-5,8-10,13,17-18,20H2,1-3H3/b26-19-. The Bertz CT molecular complexity index is 1570. The van der Waals surface area contributed by atoms with Crippen molar-refractivity contribution in [3.05, 3.63) is 47.1 Å². The van der Waals surface area contributed by atoms with Crippen LogP contribution in [0.5, 0.6) is 0 Å². The van der Waals surface area contributed by atoms with Gasteiger partial charge in [0, 0.05) is 31.5 Å². The van der Waals surface area contributed by atoms with Crippen LogP contribution in [0.3, 0.4) is 0 Å². The van der Waals surface area contributed by atoms with E-state index in [0.717, 1.165) is 47.2 Å². The van der Waals surface area contributed by atoms with E-state index in [1.807, 2.05) is 37.3 Å². The predicted octanol–water partition coefficient (Wildman–Crippen LogP) is 6.51. The van der Waals surface area contributed by atoms with Gasteiger partial charge in [-0.2, -0.15) is 5.26 Å². The number of rotatable bonds is 15. The number of benzene rings is 1. The topological polar surface area (TPSA) is 130 Å². The number of furan rings is 1. The predicted molar refractivity (Wildman–Crippen MR) is 166 cm³/mol. The molecule has 3 heterocycles. The highest BCUT2D eigenvalue weighted by Crippen LogP contribution is 2.36. The highest BCUT2D eigenvalue weighted by atomic mass is 32.2. The summed E-state index contributed by atoms with van der Waals surface area (Å²) in [7, 11) is 0. The summed E-state index contributed by atoms with van der Waals surface area (Å²) in [6, 6.07) is 13.1. The fraction of sp³-hybridized carbons (Fsp3) is 0.419. The SMILES string of the molecule is CCCCC(=O)N(CC#N)CC(=O)CCCCn1c(Sc2ccc(/C=C3\SC(=O)N(C(C)C)C3=O)o2)nc2ccccc21. The molecule has 0 unspecified atom stereocenters. The van der Waals surface area contributed by atoms with Crippen LogP contribution in [0.25, 0.3) is 17.1 Å². The van der Waals surface area contributed by atoms with Gasteiger partial charge in [0.15, 0.2) is 16.0 Å².